The van der Waals surface area contributed by atoms with Crippen LogP contribution in [0.2, 0.25) is 0 Å². The fourth-order valence-corrected chi connectivity index (χ4v) is 4.30. The van der Waals surface area contributed by atoms with Gasteiger partial charge in [-0.1, -0.05) is 12.1 Å². The molecule has 1 aromatic rings. The molecule has 1 aliphatic rings. The molecular formula is C24H36Cl2FN3O6. The molecule has 12 heteroatoms. The second-order valence-corrected chi connectivity index (χ2v) is 9.37. The van der Waals surface area contributed by atoms with Crippen molar-refractivity contribution in [2.24, 2.45) is 0 Å². The van der Waals surface area contributed by atoms with Crippen LogP contribution in [-0.2, 0) is 20.7 Å². The number of hydrogen-bond donors (Lipinski definition) is 5. The van der Waals surface area contributed by atoms with Crippen molar-refractivity contribution in [1.82, 2.24) is 10.6 Å². The molecule has 5 atom stereocenters. The van der Waals surface area contributed by atoms with E-state index in [9.17, 15) is 24.2 Å². The number of carbonyl (C=O) groups is 2. The van der Waals surface area contributed by atoms with Crippen LogP contribution in [0.3, 0.4) is 0 Å². The van der Waals surface area contributed by atoms with Gasteiger partial charge in [0.1, 0.15) is 18.3 Å². The third-order valence-corrected chi connectivity index (χ3v) is 6.27. The molecule has 0 aromatic heterocycles. The van der Waals surface area contributed by atoms with E-state index in [-0.39, 0.29) is 18.9 Å². The van der Waals surface area contributed by atoms with Crippen molar-refractivity contribution in [1.29, 1.82) is 0 Å². The number of amides is 2. The Morgan fingerprint density at radius 1 is 1.00 bits per heavy atom. The van der Waals surface area contributed by atoms with Gasteiger partial charge in [-0.05, 0) is 37.0 Å². The lowest BCUT2D eigenvalue weighted by atomic mass is 9.99. The van der Waals surface area contributed by atoms with Gasteiger partial charge in [0.05, 0.1) is 6.61 Å². The summed E-state index contributed by atoms with van der Waals surface area (Å²) in [7, 11) is 0. The number of halogens is 3. The predicted octanol–water partition coefficient (Wildman–Crippen LogP) is 1.08. The average molecular weight is 552 g/mol. The molecule has 1 aromatic carbocycles. The van der Waals surface area contributed by atoms with Crippen LogP contribution in [0.5, 0.6) is 0 Å². The first kappa shape index (κ1) is 30.5. The van der Waals surface area contributed by atoms with Crippen molar-refractivity contribution in [2.45, 2.75) is 62.8 Å². The van der Waals surface area contributed by atoms with E-state index in [4.69, 9.17) is 33.0 Å². The molecule has 5 N–H and O–H groups in total. The lowest BCUT2D eigenvalue weighted by Crippen LogP contribution is -2.61. The van der Waals surface area contributed by atoms with Crippen LogP contribution < -0.4 is 15.5 Å². The number of aryl methyl sites for hydroxylation is 1. The van der Waals surface area contributed by atoms with Crippen LogP contribution in [0.15, 0.2) is 24.3 Å². The predicted molar refractivity (Wildman–Crippen MR) is 136 cm³/mol. The molecule has 0 unspecified atom stereocenters. The molecule has 0 bridgehead atoms. The van der Waals surface area contributed by atoms with Crippen molar-refractivity contribution >= 4 is 40.7 Å². The van der Waals surface area contributed by atoms with Gasteiger partial charge >= 0.3 is 0 Å². The topological polar surface area (TPSA) is 131 Å². The first-order valence-corrected chi connectivity index (χ1v) is 13.2. The minimum atomic E-state index is -2.03. The summed E-state index contributed by atoms with van der Waals surface area (Å²) in [6.45, 7) is 1.09. The molecule has 204 valence electrons. The van der Waals surface area contributed by atoms with Crippen LogP contribution in [-0.4, -0.2) is 95.8 Å². The normalized spacial score (nSPS) is 23.8. The highest BCUT2D eigenvalue weighted by Crippen LogP contribution is 2.22. The zero-order valence-corrected chi connectivity index (χ0v) is 21.6. The molecule has 1 heterocycles. The first-order valence-electron chi connectivity index (χ1n) is 12.1. The van der Waals surface area contributed by atoms with Crippen LogP contribution >= 0.6 is 23.2 Å². The Bertz CT molecular complexity index is 799. The van der Waals surface area contributed by atoms with E-state index in [1.54, 1.807) is 0 Å². The number of alkyl halides is 3. The molecule has 0 aliphatic carbocycles. The van der Waals surface area contributed by atoms with Gasteiger partial charge in [-0.25, -0.2) is 4.39 Å². The molecule has 36 heavy (non-hydrogen) atoms. The minimum Gasteiger partial charge on any atom is -0.394 e. The Hall–Kier alpha value is -1.69. The van der Waals surface area contributed by atoms with Gasteiger partial charge in [-0.3, -0.25) is 9.59 Å². The monoisotopic (exact) mass is 551 g/mol. The lowest BCUT2D eigenvalue weighted by Gasteiger charge is -2.38. The quantitative estimate of drug-likeness (QED) is 0.163. The number of benzene rings is 1. The van der Waals surface area contributed by atoms with Crippen molar-refractivity contribution in [3.63, 3.8) is 0 Å². The lowest BCUT2D eigenvalue weighted by molar-refractivity contribution is -0.219. The molecule has 2 rings (SSSR count). The average Bonchev–Trinajstić information content (AvgIpc) is 2.87. The Morgan fingerprint density at radius 2 is 1.64 bits per heavy atom. The summed E-state index contributed by atoms with van der Waals surface area (Å²) < 4.78 is 19.2. The maximum absolute atomic E-state index is 14.1. The molecule has 2 amide bonds. The molecule has 1 aliphatic heterocycles. The highest BCUT2D eigenvalue weighted by atomic mass is 35.5. The smallest absolute Gasteiger partial charge is 0.222 e. The van der Waals surface area contributed by atoms with Crippen LogP contribution in [0.1, 0.15) is 31.2 Å². The number of ether oxygens (including phenoxy) is 1. The first-order chi connectivity index (χ1) is 17.3. The largest absolute Gasteiger partial charge is 0.394 e. The molecule has 1 fully saturated rings. The number of rotatable bonds is 15. The van der Waals surface area contributed by atoms with E-state index in [0.29, 0.717) is 31.0 Å². The standard InChI is InChI=1S/C24H36Cl2FN3O6/c25-10-13-30(14-11-26)17-8-6-16(7-9-17)3-1-4-19(32)28-12-2-5-20(33)29-24-21(27)23(35)22(34)18(15-31)36-24/h6-9,18,21-24,31,34-35H,1-5,10-15H2,(H,28,32)(H,29,33)/t18-,21+,22-,23-,24-/m1/s1. The SMILES string of the molecule is O=C(CCCc1ccc(N(CCCl)CCCl)cc1)NCCCC(=O)N[C@@H]1O[C@H](CO)[C@@H](O)[C@H](O)[C@@H]1F. The van der Waals surface area contributed by atoms with Crippen molar-refractivity contribution in [3.8, 4) is 0 Å². The number of aliphatic hydroxyl groups is 3. The molecule has 0 radical (unpaired) electrons. The van der Waals surface area contributed by atoms with Crippen molar-refractivity contribution < 1.29 is 34.0 Å². The van der Waals surface area contributed by atoms with E-state index in [0.717, 1.165) is 30.8 Å². The highest BCUT2D eigenvalue weighted by Gasteiger charge is 2.45. The van der Waals surface area contributed by atoms with E-state index in [1.807, 2.05) is 24.3 Å². The van der Waals surface area contributed by atoms with Crippen LogP contribution in [0.25, 0.3) is 0 Å². The Labute approximate surface area is 220 Å². The third kappa shape index (κ3) is 9.64. The van der Waals surface area contributed by atoms with Gasteiger partial charge in [0.2, 0.25) is 11.8 Å². The van der Waals surface area contributed by atoms with E-state index < -0.39 is 43.2 Å². The second-order valence-electron chi connectivity index (χ2n) is 8.61. The molecule has 0 saturated carbocycles. The number of nitrogens with one attached hydrogen (secondary N) is 2. The van der Waals surface area contributed by atoms with Crippen molar-refractivity contribution in [2.75, 3.05) is 42.9 Å². The van der Waals surface area contributed by atoms with Gasteiger partial charge in [-0.2, -0.15) is 0 Å². The summed E-state index contributed by atoms with van der Waals surface area (Å²) in [6, 6.07) is 8.11. The second kappa shape index (κ2) is 16.2. The third-order valence-electron chi connectivity index (χ3n) is 5.93. The van der Waals surface area contributed by atoms with Gasteiger partial charge in [0.15, 0.2) is 12.4 Å². The maximum atomic E-state index is 14.1. The number of hydrogen-bond acceptors (Lipinski definition) is 7. The fourth-order valence-electron chi connectivity index (χ4n) is 3.89. The summed E-state index contributed by atoms with van der Waals surface area (Å²) in [5.74, 6) is 0.387. The van der Waals surface area contributed by atoms with Crippen LogP contribution in [0.4, 0.5) is 10.1 Å². The van der Waals surface area contributed by atoms with E-state index in [2.05, 4.69) is 15.5 Å². The fraction of sp³-hybridized carbons (Fsp3) is 0.667. The Kier molecular flexibility index (Phi) is 13.8. The van der Waals surface area contributed by atoms with Gasteiger partial charge < -0.3 is 35.6 Å². The summed E-state index contributed by atoms with van der Waals surface area (Å²) in [6.07, 6.45) is -5.95. The van der Waals surface area contributed by atoms with Gasteiger partial charge in [0.25, 0.3) is 0 Å². The number of aliphatic hydroxyl groups excluding tert-OH is 3. The number of nitrogens with zero attached hydrogens (tertiary/aromatic N) is 1. The summed E-state index contributed by atoms with van der Waals surface area (Å²) in [5.41, 5.74) is 2.18. The highest BCUT2D eigenvalue weighted by molar-refractivity contribution is 6.18. The molecule has 9 nitrogen and oxygen atoms in total. The maximum Gasteiger partial charge on any atom is 0.222 e. The molecule has 0 spiro atoms. The summed E-state index contributed by atoms with van der Waals surface area (Å²) in [5, 5.41) is 33.6. The van der Waals surface area contributed by atoms with Gasteiger partial charge in [0, 0.05) is 49.9 Å². The number of anilines is 1. The summed E-state index contributed by atoms with van der Waals surface area (Å²) >= 11 is 11.7. The van der Waals surface area contributed by atoms with E-state index >= 15 is 0 Å². The molecule has 1 saturated heterocycles. The zero-order chi connectivity index (χ0) is 26.5. The minimum absolute atomic E-state index is 0.00606. The molecular weight excluding hydrogens is 516 g/mol. The van der Waals surface area contributed by atoms with Crippen LogP contribution in [0, 0.1) is 0 Å². The Balaban J connectivity index is 1.62. The van der Waals surface area contributed by atoms with Gasteiger partial charge in [-0.15, -0.1) is 23.2 Å². The Morgan fingerprint density at radius 3 is 2.25 bits per heavy atom. The van der Waals surface area contributed by atoms with E-state index in [1.165, 1.54) is 0 Å². The number of carbonyl (C=O) groups excluding carboxylic acids is 2. The zero-order valence-electron chi connectivity index (χ0n) is 20.1. The summed E-state index contributed by atoms with van der Waals surface area (Å²) in [4.78, 5) is 26.3. The van der Waals surface area contributed by atoms with Crippen molar-refractivity contribution in [3.05, 3.63) is 29.8 Å².